The molecule has 0 aromatic heterocycles. The number of hydrogen-bond donors (Lipinski definition) is 2. The van der Waals surface area contributed by atoms with Crippen LogP contribution in [0.3, 0.4) is 0 Å². The molecular formula is C11H17F2N3O2S. The molecular weight excluding hydrogens is 276 g/mol. The summed E-state index contributed by atoms with van der Waals surface area (Å²) < 4.78 is 52.5. The predicted molar refractivity (Wildman–Crippen MR) is 69.1 cm³/mol. The molecule has 1 aromatic rings. The second-order valence-electron chi connectivity index (χ2n) is 4.07. The highest BCUT2D eigenvalue weighted by atomic mass is 32.2. The molecule has 5 nitrogen and oxygen atoms in total. The summed E-state index contributed by atoms with van der Waals surface area (Å²) in [5, 5.41) is 0. The Kier molecular flexibility index (Phi) is 5.21. The first-order chi connectivity index (χ1) is 8.79. The molecule has 0 aliphatic carbocycles. The molecule has 8 heteroatoms. The summed E-state index contributed by atoms with van der Waals surface area (Å²) in [6, 6.07) is 1.68. The first-order valence-corrected chi connectivity index (χ1v) is 7.19. The van der Waals surface area contributed by atoms with Gasteiger partial charge in [-0.2, -0.15) is 0 Å². The highest BCUT2D eigenvalue weighted by molar-refractivity contribution is 7.89. The Morgan fingerprint density at radius 1 is 1.37 bits per heavy atom. The third-order valence-electron chi connectivity index (χ3n) is 2.71. The number of halogens is 2. The van der Waals surface area contributed by atoms with Crippen molar-refractivity contribution >= 4 is 15.7 Å². The fourth-order valence-electron chi connectivity index (χ4n) is 1.36. The Hall–Kier alpha value is -1.25. The summed E-state index contributed by atoms with van der Waals surface area (Å²) in [5.74, 6) is -2.25. The minimum atomic E-state index is -4.03. The van der Waals surface area contributed by atoms with E-state index in [4.69, 9.17) is 5.73 Å². The molecule has 0 aliphatic rings. The zero-order valence-electron chi connectivity index (χ0n) is 10.8. The maximum absolute atomic E-state index is 13.6. The molecule has 3 N–H and O–H groups in total. The van der Waals surface area contributed by atoms with Crippen LogP contribution in [0.5, 0.6) is 0 Å². The number of nitrogen functional groups attached to an aromatic ring is 1. The minimum Gasteiger partial charge on any atom is -0.394 e. The lowest BCUT2D eigenvalue weighted by atomic mass is 10.3. The molecule has 1 aromatic carbocycles. The van der Waals surface area contributed by atoms with Crippen LogP contribution < -0.4 is 10.5 Å². The lowest BCUT2D eigenvalue weighted by molar-refractivity contribution is 0.357. The number of rotatable bonds is 6. The van der Waals surface area contributed by atoms with E-state index in [1.807, 2.05) is 18.9 Å². The lowest BCUT2D eigenvalue weighted by Crippen LogP contribution is -2.33. The van der Waals surface area contributed by atoms with Gasteiger partial charge in [0.15, 0.2) is 5.82 Å². The third-order valence-corrected chi connectivity index (χ3v) is 4.18. The van der Waals surface area contributed by atoms with Crippen molar-refractivity contribution in [3.05, 3.63) is 23.8 Å². The van der Waals surface area contributed by atoms with Crippen molar-refractivity contribution < 1.29 is 17.2 Å². The van der Waals surface area contributed by atoms with Crippen LogP contribution in [0.15, 0.2) is 17.0 Å². The monoisotopic (exact) mass is 293 g/mol. The highest BCUT2D eigenvalue weighted by Gasteiger charge is 2.22. The van der Waals surface area contributed by atoms with Crippen LogP contribution >= 0.6 is 0 Å². The van der Waals surface area contributed by atoms with E-state index in [0.717, 1.165) is 18.7 Å². The number of anilines is 1. The van der Waals surface area contributed by atoms with E-state index in [-0.39, 0.29) is 6.54 Å². The zero-order valence-corrected chi connectivity index (χ0v) is 11.6. The SMILES string of the molecule is CCN(C)CCNS(=O)(=O)c1ccc(F)c(N)c1F. The first-order valence-electron chi connectivity index (χ1n) is 5.71. The average molecular weight is 293 g/mol. The summed E-state index contributed by atoms with van der Waals surface area (Å²) in [5.41, 5.74) is 4.33. The van der Waals surface area contributed by atoms with Gasteiger partial charge in [0, 0.05) is 13.1 Å². The van der Waals surface area contributed by atoms with E-state index in [0.29, 0.717) is 6.54 Å². The van der Waals surface area contributed by atoms with E-state index in [9.17, 15) is 17.2 Å². The van der Waals surface area contributed by atoms with Gasteiger partial charge in [-0.15, -0.1) is 0 Å². The van der Waals surface area contributed by atoms with Gasteiger partial charge in [-0.25, -0.2) is 21.9 Å². The third kappa shape index (κ3) is 3.85. The number of nitrogens with one attached hydrogen (secondary N) is 1. The molecule has 1 rings (SSSR count). The summed E-state index contributed by atoms with van der Waals surface area (Å²) in [6.07, 6.45) is 0. The molecule has 0 bridgehead atoms. The van der Waals surface area contributed by atoms with Crippen molar-refractivity contribution in [3.63, 3.8) is 0 Å². The van der Waals surface area contributed by atoms with Crippen LogP contribution in [0.1, 0.15) is 6.92 Å². The van der Waals surface area contributed by atoms with E-state index in [1.54, 1.807) is 0 Å². The van der Waals surface area contributed by atoms with Crippen molar-refractivity contribution in [2.75, 3.05) is 32.4 Å². The molecule has 108 valence electrons. The van der Waals surface area contributed by atoms with Gasteiger partial charge in [-0.3, -0.25) is 0 Å². The van der Waals surface area contributed by atoms with Gasteiger partial charge in [-0.05, 0) is 25.7 Å². The Balaban J connectivity index is 2.87. The van der Waals surface area contributed by atoms with Gasteiger partial charge >= 0.3 is 0 Å². The second kappa shape index (κ2) is 6.27. The molecule has 0 amide bonds. The van der Waals surface area contributed by atoms with E-state index >= 15 is 0 Å². The number of sulfonamides is 1. The maximum atomic E-state index is 13.6. The number of benzene rings is 1. The number of nitrogens with zero attached hydrogens (tertiary/aromatic N) is 1. The summed E-state index contributed by atoms with van der Waals surface area (Å²) in [6.45, 7) is 3.30. The summed E-state index contributed by atoms with van der Waals surface area (Å²) >= 11 is 0. The Morgan fingerprint density at radius 2 is 2.00 bits per heavy atom. The molecule has 19 heavy (non-hydrogen) atoms. The summed E-state index contributed by atoms with van der Waals surface area (Å²) in [7, 11) is -2.21. The van der Waals surface area contributed by atoms with Crippen LogP contribution in [0.2, 0.25) is 0 Å². The molecule has 0 aliphatic heterocycles. The normalized spacial score (nSPS) is 12.1. The molecule has 0 unspecified atom stereocenters. The molecule has 0 spiro atoms. The van der Waals surface area contributed by atoms with Gasteiger partial charge in [0.1, 0.15) is 16.4 Å². The first kappa shape index (κ1) is 15.8. The Morgan fingerprint density at radius 3 is 2.58 bits per heavy atom. The largest absolute Gasteiger partial charge is 0.394 e. The fourth-order valence-corrected chi connectivity index (χ4v) is 2.47. The number of likely N-dealkylation sites (N-methyl/N-ethyl adjacent to an activating group) is 1. The molecule has 0 saturated carbocycles. The summed E-state index contributed by atoms with van der Waals surface area (Å²) in [4.78, 5) is 1.24. The standard InChI is InChI=1S/C11H17F2N3O2S/c1-3-16(2)7-6-15-19(17,18)9-5-4-8(12)11(14)10(9)13/h4-5,15H,3,6-7,14H2,1-2H3. The van der Waals surface area contributed by atoms with Crippen LogP contribution in [0.4, 0.5) is 14.5 Å². The van der Waals surface area contributed by atoms with Crippen molar-refractivity contribution in [2.24, 2.45) is 0 Å². The van der Waals surface area contributed by atoms with Gasteiger partial charge in [-0.1, -0.05) is 6.92 Å². The van der Waals surface area contributed by atoms with E-state index in [2.05, 4.69) is 4.72 Å². The molecule has 0 atom stereocenters. The predicted octanol–water partition coefficient (Wildman–Crippen LogP) is 0.777. The van der Waals surface area contributed by atoms with Gasteiger partial charge < -0.3 is 10.6 Å². The van der Waals surface area contributed by atoms with Crippen molar-refractivity contribution in [1.82, 2.24) is 9.62 Å². The van der Waals surface area contributed by atoms with Gasteiger partial charge in [0.25, 0.3) is 0 Å². The Labute approximate surface area is 111 Å². The molecule has 0 saturated heterocycles. The van der Waals surface area contributed by atoms with Gasteiger partial charge in [0.05, 0.1) is 0 Å². The van der Waals surface area contributed by atoms with Crippen LogP contribution in [-0.2, 0) is 10.0 Å². The maximum Gasteiger partial charge on any atom is 0.243 e. The van der Waals surface area contributed by atoms with Crippen molar-refractivity contribution in [3.8, 4) is 0 Å². The van der Waals surface area contributed by atoms with E-state index in [1.165, 1.54) is 0 Å². The van der Waals surface area contributed by atoms with Crippen LogP contribution in [-0.4, -0.2) is 40.0 Å². The minimum absolute atomic E-state index is 0.128. The molecule has 0 radical (unpaired) electrons. The van der Waals surface area contributed by atoms with E-state index < -0.39 is 32.2 Å². The Bertz CT molecular complexity index is 549. The average Bonchev–Trinajstić information content (AvgIpc) is 2.35. The van der Waals surface area contributed by atoms with Crippen molar-refractivity contribution in [2.45, 2.75) is 11.8 Å². The number of nitrogens with two attached hydrogens (primary N) is 1. The number of hydrogen-bond acceptors (Lipinski definition) is 4. The van der Waals surface area contributed by atoms with Crippen LogP contribution in [0, 0.1) is 11.6 Å². The quantitative estimate of drug-likeness (QED) is 0.760. The van der Waals surface area contributed by atoms with Gasteiger partial charge in [0.2, 0.25) is 10.0 Å². The van der Waals surface area contributed by atoms with Crippen LogP contribution in [0.25, 0.3) is 0 Å². The second-order valence-corrected chi connectivity index (χ2v) is 5.80. The molecule has 0 fully saturated rings. The van der Waals surface area contributed by atoms with Crippen molar-refractivity contribution in [1.29, 1.82) is 0 Å². The fraction of sp³-hybridized carbons (Fsp3) is 0.455. The smallest absolute Gasteiger partial charge is 0.243 e. The topological polar surface area (TPSA) is 75.4 Å². The zero-order chi connectivity index (χ0) is 14.6. The molecule has 0 heterocycles. The lowest BCUT2D eigenvalue weighted by Gasteiger charge is -2.14. The highest BCUT2D eigenvalue weighted by Crippen LogP contribution is 2.22.